The first kappa shape index (κ1) is 17.2. The molecule has 3 heterocycles. The van der Waals surface area contributed by atoms with Crippen LogP contribution in [0.25, 0.3) is 16.9 Å². The second kappa shape index (κ2) is 7.19. The third-order valence-corrected chi connectivity index (χ3v) is 4.91. The Morgan fingerprint density at radius 1 is 1.15 bits per heavy atom. The van der Waals surface area contributed by atoms with Gasteiger partial charge in [0.25, 0.3) is 5.91 Å². The number of methoxy groups -OCH3 is 1. The van der Waals surface area contributed by atoms with E-state index in [1.165, 1.54) is 7.11 Å². The highest BCUT2D eigenvalue weighted by Crippen LogP contribution is 2.22. The predicted octanol–water partition coefficient (Wildman–Crippen LogP) is 2.59. The van der Waals surface area contributed by atoms with Crippen LogP contribution in [-0.4, -0.2) is 51.0 Å². The lowest BCUT2D eigenvalue weighted by atomic mass is 10.0. The smallest absolute Gasteiger partial charge is 0.328 e. The molecule has 1 atom stereocenters. The van der Waals surface area contributed by atoms with Crippen molar-refractivity contribution in [2.45, 2.75) is 25.3 Å². The third kappa shape index (κ3) is 3.16. The summed E-state index contributed by atoms with van der Waals surface area (Å²) in [7, 11) is 1.35. The molecule has 1 saturated heterocycles. The molecule has 1 aromatic carbocycles. The number of hydrogen-bond acceptors (Lipinski definition) is 5. The average Bonchev–Trinajstić information content (AvgIpc) is 3.16. The molecule has 1 aliphatic rings. The third-order valence-electron chi connectivity index (χ3n) is 4.91. The fraction of sp³-hybridized carbons (Fsp3) is 0.300. The van der Waals surface area contributed by atoms with Crippen molar-refractivity contribution < 1.29 is 14.3 Å². The maximum absolute atomic E-state index is 13.0. The van der Waals surface area contributed by atoms with Crippen molar-refractivity contribution in [3.63, 3.8) is 0 Å². The number of esters is 1. The minimum Gasteiger partial charge on any atom is -0.467 e. The van der Waals surface area contributed by atoms with Gasteiger partial charge in [-0.25, -0.2) is 14.8 Å². The first-order valence-electron chi connectivity index (χ1n) is 8.96. The average molecular weight is 364 g/mol. The summed E-state index contributed by atoms with van der Waals surface area (Å²) in [5.41, 5.74) is 2.70. The number of aromatic nitrogens is 3. The van der Waals surface area contributed by atoms with Crippen LogP contribution >= 0.6 is 0 Å². The molecule has 7 heteroatoms. The normalized spacial score (nSPS) is 17.1. The van der Waals surface area contributed by atoms with Gasteiger partial charge >= 0.3 is 5.97 Å². The Balaban J connectivity index is 1.66. The fourth-order valence-electron chi connectivity index (χ4n) is 3.52. The van der Waals surface area contributed by atoms with Crippen molar-refractivity contribution in [3.05, 3.63) is 54.5 Å². The molecule has 0 N–H and O–H groups in total. The lowest BCUT2D eigenvalue weighted by Crippen LogP contribution is -2.48. The Morgan fingerprint density at radius 2 is 1.96 bits per heavy atom. The molecule has 138 valence electrons. The summed E-state index contributed by atoms with van der Waals surface area (Å²) in [6.07, 6.45) is 5.64. The lowest BCUT2D eigenvalue weighted by molar-refractivity contribution is -0.147. The van der Waals surface area contributed by atoms with Crippen LogP contribution < -0.4 is 0 Å². The van der Waals surface area contributed by atoms with E-state index in [1.54, 1.807) is 23.5 Å². The monoisotopic (exact) mass is 364 g/mol. The molecule has 1 fully saturated rings. The zero-order valence-electron chi connectivity index (χ0n) is 15.0. The van der Waals surface area contributed by atoms with Gasteiger partial charge in [0.15, 0.2) is 5.65 Å². The molecule has 2 aromatic heterocycles. The molecule has 0 radical (unpaired) electrons. The molecular formula is C20H20N4O3. The van der Waals surface area contributed by atoms with Crippen molar-refractivity contribution in [2.24, 2.45) is 0 Å². The molecule has 7 nitrogen and oxygen atoms in total. The molecule has 0 spiro atoms. The zero-order chi connectivity index (χ0) is 18.8. The second-order valence-electron chi connectivity index (χ2n) is 6.55. The van der Waals surface area contributed by atoms with E-state index in [4.69, 9.17) is 4.74 Å². The van der Waals surface area contributed by atoms with Crippen LogP contribution in [0.2, 0.25) is 0 Å². The van der Waals surface area contributed by atoms with E-state index in [9.17, 15) is 9.59 Å². The first-order chi connectivity index (χ1) is 13.2. The van der Waals surface area contributed by atoms with Crippen LogP contribution in [0.5, 0.6) is 0 Å². The van der Waals surface area contributed by atoms with Crippen LogP contribution in [0.15, 0.2) is 48.9 Å². The number of hydrogen-bond donors (Lipinski definition) is 0. The quantitative estimate of drug-likeness (QED) is 0.668. The van der Waals surface area contributed by atoms with E-state index in [2.05, 4.69) is 9.97 Å². The molecule has 27 heavy (non-hydrogen) atoms. The summed E-state index contributed by atoms with van der Waals surface area (Å²) in [5, 5.41) is 0. The summed E-state index contributed by atoms with van der Waals surface area (Å²) >= 11 is 0. The number of piperidine rings is 1. The minimum absolute atomic E-state index is 0.214. The van der Waals surface area contributed by atoms with Gasteiger partial charge < -0.3 is 9.64 Å². The maximum Gasteiger partial charge on any atom is 0.328 e. The molecule has 0 saturated carbocycles. The number of rotatable bonds is 3. The van der Waals surface area contributed by atoms with Gasteiger partial charge in [-0.05, 0) is 37.5 Å². The number of carbonyl (C=O) groups is 2. The van der Waals surface area contributed by atoms with Gasteiger partial charge in [-0.15, -0.1) is 0 Å². The topological polar surface area (TPSA) is 77.3 Å². The second-order valence-corrected chi connectivity index (χ2v) is 6.55. The maximum atomic E-state index is 13.0. The Bertz CT molecular complexity index is 983. The van der Waals surface area contributed by atoms with E-state index in [-0.39, 0.29) is 11.9 Å². The van der Waals surface area contributed by atoms with Crippen molar-refractivity contribution in [2.75, 3.05) is 13.7 Å². The molecule has 0 aliphatic carbocycles. The Hall–Kier alpha value is -3.22. The number of nitrogens with zero attached hydrogens (tertiary/aromatic N) is 4. The lowest BCUT2D eigenvalue weighted by Gasteiger charge is -2.33. The van der Waals surface area contributed by atoms with E-state index >= 15 is 0 Å². The van der Waals surface area contributed by atoms with Crippen LogP contribution in [-0.2, 0) is 9.53 Å². The Labute approximate surface area is 156 Å². The minimum atomic E-state index is -0.533. The first-order valence-corrected chi connectivity index (χ1v) is 8.96. The van der Waals surface area contributed by atoms with Gasteiger partial charge in [-0.1, -0.05) is 18.2 Å². The van der Waals surface area contributed by atoms with Crippen molar-refractivity contribution in [1.82, 2.24) is 19.4 Å². The molecule has 0 bridgehead atoms. The number of amides is 1. The highest BCUT2D eigenvalue weighted by molar-refractivity contribution is 5.98. The zero-order valence-corrected chi connectivity index (χ0v) is 15.0. The highest BCUT2D eigenvalue weighted by atomic mass is 16.5. The van der Waals surface area contributed by atoms with Crippen LogP contribution in [0, 0.1) is 0 Å². The fourth-order valence-corrected chi connectivity index (χ4v) is 3.52. The van der Waals surface area contributed by atoms with Crippen LogP contribution in [0.4, 0.5) is 0 Å². The number of benzene rings is 1. The van der Waals surface area contributed by atoms with E-state index in [0.717, 1.165) is 18.5 Å². The molecule has 4 rings (SSSR count). The number of pyridine rings is 1. The van der Waals surface area contributed by atoms with E-state index in [1.807, 2.05) is 34.9 Å². The summed E-state index contributed by atoms with van der Waals surface area (Å²) in [5.74, 6) is -0.584. The number of fused-ring (bicyclic) bond motifs is 1. The van der Waals surface area contributed by atoms with Gasteiger partial charge in [-0.2, -0.15) is 0 Å². The summed E-state index contributed by atoms with van der Waals surface area (Å²) < 4.78 is 6.74. The molecule has 1 unspecified atom stereocenters. The van der Waals surface area contributed by atoms with E-state index in [0.29, 0.717) is 29.7 Å². The van der Waals surface area contributed by atoms with Crippen LogP contribution in [0.3, 0.4) is 0 Å². The van der Waals surface area contributed by atoms with Gasteiger partial charge in [-0.3, -0.25) is 9.36 Å². The number of para-hydroxylation sites is 1. The van der Waals surface area contributed by atoms with Gasteiger partial charge in [0.05, 0.1) is 12.7 Å². The number of carbonyl (C=O) groups excluding carboxylic acids is 2. The van der Waals surface area contributed by atoms with Gasteiger partial charge in [0.2, 0.25) is 0 Å². The molecule has 1 aliphatic heterocycles. The predicted molar refractivity (Wildman–Crippen MR) is 99.6 cm³/mol. The highest BCUT2D eigenvalue weighted by Gasteiger charge is 2.33. The van der Waals surface area contributed by atoms with E-state index < -0.39 is 6.04 Å². The summed E-state index contributed by atoms with van der Waals surface area (Å²) in [4.78, 5) is 35.5. The molecule has 3 aromatic rings. The van der Waals surface area contributed by atoms with Crippen molar-refractivity contribution in [3.8, 4) is 5.69 Å². The van der Waals surface area contributed by atoms with Crippen molar-refractivity contribution in [1.29, 1.82) is 0 Å². The van der Waals surface area contributed by atoms with Gasteiger partial charge in [0, 0.05) is 18.4 Å². The summed E-state index contributed by atoms with van der Waals surface area (Å²) in [6.45, 7) is 0.537. The molecule has 1 amide bonds. The molecular weight excluding hydrogens is 344 g/mol. The number of ether oxygens (including phenoxy) is 1. The summed E-state index contributed by atoms with van der Waals surface area (Å²) in [6, 6.07) is 11.0. The number of imidazole rings is 1. The van der Waals surface area contributed by atoms with Crippen LogP contribution in [0.1, 0.15) is 29.6 Å². The SMILES string of the molecule is COC(=O)C1CCCCN1C(=O)c1cnc2c(c1)ncn2-c1ccccc1. The standard InChI is InChI=1S/C20H20N4O3/c1-27-20(26)17-9-5-6-10-23(17)19(25)14-11-16-18(21-12-14)24(13-22-16)15-7-3-2-4-8-15/h2-4,7-8,11-13,17H,5-6,9-10H2,1H3. The van der Waals surface area contributed by atoms with Gasteiger partial charge in [0.1, 0.15) is 17.9 Å². The Morgan fingerprint density at radius 3 is 2.74 bits per heavy atom. The van der Waals surface area contributed by atoms with Crippen molar-refractivity contribution >= 4 is 23.0 Å². The largest absolute Gasteiger partial charge is 0.467 e. The Kier molecular flexibility index (Phi) is 4.58. The number of likely N-dealkylation sites (tertiary alicyclic amines) is 1.